The number of rotatable bonds is 8. The number of hydrogen-bond acceptors (Lipinski definition) is 9. The second kappa shape index (κ2) is 8.59. The van der Waals surface area contributed by atoms with Gasteiger partial charge < -0.3 is 9.73 Å². The van der Waals surface area contributed by atoms with Crippen molar-refractivity contribution in [2.75, 3.05) is 5.32 Å². The third kappa shape index (κ3) is 5.38. The zero-order valence-electron chi connectivity index (χ0n) is 13.0. The average Bonchev–Trinajstić information content (AvgIpc) is 3.23. The molecule has 0 unspecified atom stereocenters. The van der Waals surface area contributed by atoms with E-state index in [1.54, 1.807) is 24.3 Å². The predicted molar refractivity (Wildman–Crippen MR) is 94.7 cm³/mol. The van der Waals surface area contributed by atoms with Gasteiger partial charge in [0, 0.05) is 17.0 Å². The summed E-state index contributed by atoms with van der Waals surface area (Å²) in [4.78, 5) is 0.514. The molecule has 0 aliphatic rings. The van der Waals surface area contributed by atoms with Crippen molar-refractivity contribution in [3.8, 4) is 0 Å². The molecule has 0 spiro atoms. The highest BCUT2D eigenvalue weighted by molar-refractivity contribution is 8.00. The zero-order chi connectivity index (χ0) is 17.6. The third-order valence-electron chi connectivity index (χ3n) is 2.87. The van der Waals surface area contributed by atoms with Gasteiger partial charge in [0.25, 0.3) is 5.76 Å². The molecule has 0 amide bonds. The van der Waals surface area contributed by atoms with Crippen molar-refractivity contribution in [2.45, 2.75) is 34.1 Å². The van der Waals surface area contributed by atoms with E-state index in [4.69, 9.17) is 4.42 Å². The summed E-state index contributed by atoms with van der Waals surface area (Å²) in [6.07, 6.45) is 0.707. The fourth-order valence-corrected chi connectivity index (χ4v) is 3.88. The number of aromatic nitrogens is 4. The monoisotopic (exact) mass is 401 g/mol. The Labute approximate surface area is 154 Å². The maximum absolute atomic E-state index is 12.3. The minimum Gasteiger partial charge on any atom is -0.424 e. The van der Waals surface area contributed by atoms with Gasteiger partial charge >= 0.3 is 0 Å². The average molecular weight is 401 g/mol. The van der Waals surface area contributed by atoms with Crippen molar-refractivity contribution in [3.63, 3.8) is 0 Å². The van der Waals surface area contributed by atoms with Gasteiger partial charge in [-0.15, -0.1) is 20.4 Å². The number of benzene rings is 1. The molecule has 0 atom stereocenters. The Bertz CT molecular complexity index is 809. The quantitative estimate of drug-likeness (QED) is 0.538. The summed E-state index contributed by atoms with van der Waals surface area (Å²) in [7, 11) is 0. The van der Waals surface area contributed by atoms with E-state index >= 15 is 0 Å². The highest BCUT2D eigenvalue weighted by Gasteiger charge is 2.10. The van der Waals surface area contributed by atoms with E-state index in [0.717, 1.165) is 10.0 Å². The molecule has 25 heavy (non-hydrogen) atoms. The van der Waals surface area contributed by atoms with Crippen molar-refractivity contribution in [2.24, 2.45) is 0 Å². The molecule has 6 nitrogen and oxygen atoms in total. The van der Waals surface area contributed by atoms with E-state index in [9.17, 15) is 8.78 Å². The van der Waals surface area contributed by atoms with Gasteiger partial charge in [-0.25, -0.2) is 0 Å². The molecular formula is C14H13F2N5OS3. The summed E-state index contributed by atoms with van der Waals surface area (Å²) < 4.78 is 30.8. The molecule has 0 bridgehead atoms. The zero-order valence-corrected chi connectivity index (χ0v) is 15.4. The van der Waals surface area contributed by atoms with E-state index in [2.05, 4.69) is 25.7 Å². The highest BCUT2D eigenvalue weighted by Crippen LogP contribution is 2.31. The number of thioether (sulfide) groups is 2. The van der Waals surface area contributed by atoms with Crippen LogP contribution in [0.15, 0.2) is 37.9 Å². The summed E-state index contributed by atoms with van der Waals surface area (Å²) in [5, 5.41) is 19.7. The lowest BCUT2D eigenvalue weighted by Gasteiger charge is -2.03. The maximum Gasteiger partial charge on any atom is 0.288 e. The smallest absolute Gasteiger partial charge is 0.288 e. The first-order valence-electron chi connectivity index (χ1n) is 7.22. The van der Waals surface area contributed by atoms with Crippen LogP contribution >= 0.6 is 34.9 Å². The normalized spacial score (nSPS) is 11.2. The summed E-state index contributed by atoms with van der Waals surface area (Å²) >= 11 is 3.36. The molecule has 11 heteroatoms. The number of anilines is 2. The number of hydrogen-bond donors (Lipinski definition) is 1. The van der Waals surface area contributed by atoms with Crippen LogP contribution in [0.2, 0.25) is 0 Å². The van der Waals surface area contributed by atoms with Crippen LogP contribution in [0.4, 0.5) is 19.6 Å². The summed E-state index contributed by atoms with van der Waals surface area (Å²) in [6.45, 7) is 1.95. The molecule has 3 aromatic rings. The number of alkyl halides is 2. The van der Waals surface area contributed by atoms with Crippen LogP contribution < -0.4 is 5.32 Å². The first kappa shape index (κ1) is 18.1. The van der Waals surface area contributed by atoms with Crippen LogP contribution in [0.3, 0.4) is 0 Å². The Morgan fingerprint density at radius 1 is 1.12 bits per heavy atom. The maximum atomic E-state index is 12.3. The van der Waals surface area contributed by atoms with Crippen LogP contribution in [0, 0.1) is 0 Å². The molecular weight excluding hydrogens is 388 g/mol. The van der Waals surface area contributed by atoms with Gasteiger partial charge in [0.1, 0.15) is 0 Å². The van der Waals surface area contributed by atoms with Gasteiger partial charge in [0.15, 0.2) is 4.34 Å². The minimum atomic E-state index is -2.42. The van der Waals surface area contributed by atoms with E-state index in [1.165, 1.54) is 23.1 Å². The lowest BCUT2D eigenvalue weighted by Crippen LogP contribution is -1.89. The molecule has 0 fully saturated rings. The first-order valence-corrected chi connectivity index (χ1v) is 9.90. The number of nitrogens with one attached hydrogen (secondary N) is 1. The molecule has 2 aromatic heterocycles. The van der Waals surface area contributed by atoms with Crippen molar-refractivity contribution in [3.05, 3.63) is 36.0 Å². The van der Waals surface area contributed by atoms with Gasteiger partial charge in [0.05, 0.1) is 5.75 Å². The Kier molecular flexibility index (Phi) is 6.21. The molecule has 1 aromatic carbocycles. The van der Waals surface area contributed by atoms with Crippen LogP contribution in [0.5, 0.6) is 0 Å². The van der Waals surface area contributed by atoms with Gasteiger partial charge in [-0.2, -0.15) is 8.78 Å². The molecule has 2 heterocycles. The van der Waals surface area contributed by atoms with Crippen LogP contribution in [0.25, 0.3) is 0 Å². The summed E-state index contributed by atoms with van der Waals surface area (Å²) in [5.41, 5.74) is 0.760. The Morgan fingerprint density at radius 3 is 2.56 bits per heavy atom. The summed E-state index contributed by atoms with van der Waals surface area (Å²) in [5.74, 6) is -0.725. The Balaban J connectivity index is 1.54. The number of halogens is 2. The highest BCUT2D eigenvalue weighted by atomic mass is 32.2. The lowest BCUT2D eigenvalue weighted by atomic mass is 10.3. The summed E-state index contributed by atoms with van der Waals surface area (Å²) in [6, 6.07) is 6.72. The van der Waals surface area contributed by atoms with Crippen molar-refractivity contribution < 1.29 is 13.2 Å². The van der Waals surface area contributed by atoms with Crippen molar-refractivity contribution in [1.82, 2.24) is 20.4 Å². The first-order chi connectivity index (χ1) is 12.1. The molecule has 0 saturated heterocycles. The molecule has 0 aliphatic carbocycles. The second-order valence-electron chi connectivity index (χ2n) is 4.63. The fourth-order valence-electron chi connectivity index (χ4n) is 1.77. The Morgan fingerprint density at radius 2 is 1.88 bits per heavy atom. The van der Waals surface area contributed by atoms with E-state index in [-0.39, 0.29) is 0 Å². The van der Waals surface area contributed by atoms with E-state index < -0.39 is 5.76 Å². The van der Waals surface area contributed by atoms with Gasteiger partial charge in [-0.05, 0) is 24.3 Å². The lowest BCUT2D eigenvalue weighted by molar-refractivity contribution is 0.252. The predicted octanol–water partition coefficient (Wildman–Crippen LogP) is 4.83. The molecule has 0 radical (unpaired) electrons. The third-order valence-corrected chi connectivity index (χ3v) is 5.55. The number of aryl methyl sites for hydroxylation is 1. The largest absolute Gasteiger partial charge is 0.424 e. The topological polar surface area (TPSA) is 76.7 Å². The second-order valence-corrected chi connectivity index (χ2v) is 7.90. The van der Waals surface area contributed by atoms with Gasteiger partial charge in [-0.1, -0.05) is 41.8 Å². The SMILES string of the molecule is CCc1nnc(CSc2nnc(Nc3ccc(SC(F)F)cc3)s2)o1. The van der Waals surface area contributed by atoms with Crippen molar-refractivity contribution >= 4 is 45.7 Å². The van der Waals surface area contributed by atoms with Gasteiger partial charge in [0.2, 0.25) is 16.9 Å². The van der Waals surface area contributed by atoms with E-state index in [0.29, 0.717) is 45.7 Å². The van der Waals surface area contributed by atoms with Crippen LogP contribution in [-0.2, 0) is 12.2 Å². The fraction of sp³-hybridized carbons (Fsp3) is 0.286. The standard InChI is InChI=1S/C14H13F2N5OS3/c1-2-10-18-19-11(22-10)7-23-14-21-20-13(25-14)17-8-3-5-9(6-4-8)24-12(15)16/h3-6,12H,2,7H2,1H3,(H,17,20). The van der Waals surface area contributed by atoms with Gasteiger partial charge in [-0.3, -0.25) is 0 Å². The van der Waals surface area contributed by atoms with Crippen LogP contribution in [0.1, 0.15) is 18.7 Å². The molecule has 0 aliphatic heterocycles. The van der Waals surface area contributed by atoms with E-state index in [1.807, 2.05) is 6.92 Å². The molecule has 0 saturated carbocycles. The van der Waals surface area contributed by atoms with Crippen LogP contribution in [-0.4, -0.2) is 26.2 Å². The molecule has 3 rings (SSSR count). The Hall–Kier alpha value is -1.72. The molecule has 1 N–H and O–H groups in total. The minimum absolute atomic E-state index is 0.514. The van der Waals surface area contributed by atoms with Crippen molar-refractivity contribution in [1.29, 1.82) is 0 Å². The number of nitrogens with zero attached hydrogens (tertiary/aromatic N) is 4. The molecule has 132 valence electrons.